The number of carboxylic acids is 1. The Morgan fingerprint density at radius 2 is 2.10 bits per heavy atom. The molecule has 0 amide bonds. The summed E-state index contributed by atoms with van der Waals surface area (Å²) >= 11 is 0. The quantitative estimate of drug-likeness (QED) is 0.865. The molecule has 2 rings (SSSR count). The van der Waals surface area contributed by atoms with Crippen LogP contribution in [0.4, 0.5) is 0 Å². The second-order valence-electron chi connectivity index (χ2n) is 5.96. The maximum absolute atomic E-state index is 10.9. The summed E-state index contributed by atoms with van der Waals surface area (Å²) in [5.74, 6) is -0.173. The Kier molecular flexibility index (Phi) is 5.15. The zero-order valence-corrected chi connectivity index (χ0v) is 12.3. The number of rotatable bonds is 5. The molecule has 0 aromatic heterocycles. The van der Waals surface area contributed by atoms with Gasteiger partial charge in [-0.3, -0.25) is 4.90 Å². The van der Waals surface area contributed by atoms with E-state index in [9.17, 15) is 4.79 Å². The molecule has 2 N–H and O–H groups in total. The minimum Gasteiger partial charge on any atom is -0.478 e. The number of nitrogens with one attached hydrogen (secondary N) is 1. The van der Waals surface area contributed by atoms with E-state index in [1.54, 1.807) is 12.1 Å². The van der Waals surface area contributed by atoms with Gasteiger partial charge in [0.1, 0.15) is 0 Å². The largest absolute Gasteiger partial charge is 0.478 e. The summed E-state index contributed by atoms with van der Waals surface area (Å²) in [7, 11) is 0. The molecule has 0 aliphatic carbocycles. The van der Waals surface area contributed by atoms with Crippen molar-refractivity contribution in [3.63, 3.8) is 0 Å². The molecule has 0 saturated carbocycles. The topological polar surface area (TPSA) is 52.6 Å². The lowest BCUT2D eigenvalue weighted by Crippen LogP contribution is -2.51. The number of hydrogen-bond acceptors (Lipinski definition) is 3. The second-order valence-corrected chi connectivity index (χ2v) is 5.96. The smallest absolute Gasteiger partial charge is 0.335 e. The number of aromatic carboxylic acids is 1. The van der Waals surface area contributed by atoms with Gasteiger partial charge in [-0.05, 0) is 30.0 Å². The van der Waals surface area contributed by atoms with Crippen LogP contribution >= 0.6 is 0 Å². The van der Waals surface area contributed by atoms with E-state index in [4.69, 9.17) is 5.11 Å². The van der Waals surface area contributed by atoms with Crippen molar-refractivity contribution in [1.29, 1.82) is 0 Å². The van der Waals surface area contributed by atoms with Crippen LogP contribution in [0.2, 0.25) is 0 Å². The van der Waals surface area contributed by atoms with Gasteiger partial charge < -0.3 is 10.4 Å². The first-order valence-corrected chi connectivity index (χ1v) is 7.33. The second kappa shape index (κ2) is 6.86. The van der Waals surface area contributed by atoms with Gasteiger partial charge in [-0.15, -0.1) is 0 Å². The fourth-order valence-electron chi connectivity index (χ4n) is 2.77. The third-order valence-corrected chi connectivity index (χ3v) is 3.80. The molecule has 20 heavy (non-hydrogen) atoms. The summed E-state index contributed by atoms with van der Waals surface area (Å²) in [6, 6.07) is 7.81. The molecule has 4 nitrogen and oxygen atoms in total. The fourth-order valence-corrected chi connectivity index (χ4v) is 2.77. The monoisotopic (exact) mass is 276 g/mol. The number of carboxylic acid groups (broad SMARTS) is 1. The van der Waals surface area contributed by atoms with Gasteiger partial charge in [0.2, 0.25) is 0 Å². The first kappa shape index (κ1) is 15.0. The van der Waals surface area contributed by atoms with Crippen LogP contribution in [0.1, 0.15) is 36.2 Å². The summed E-state index contributed by atoms with van der Waals surface area (Å²) in [4.78, 5) is 13.4. The minimum absolute atomic E-state index is 0.354. The van der Waals surface area contributed by atoms with Gasteiger partial charge in [0.25, 0.3) is 0 Å². The first-order valence-electron chi connectivity index (χ1n) is 7.33. The van der Waals surface area contributed by atoms with E-state index in [2.05, 4.69) is 24.1 Å². The van der Waals surface area contributed by atoms with Gasteiger partial charge in [0.05, 0.1) is 5.56 Å². The SMILES string of the molecule is CC(C)C[C@H]1CNCCN1Cc1ccc(C(=O)O)cc1. The summed E-state index contributed by atoms with van der Waals surface area (Å²) < 4.78 is 0. The van der Waals surface area contributed by atoms with Crippen LogP contribution in [0.15, 0.2) is 24.3 Å². The summed E-state index contributed by atoms with van der Waals surface area (Å²) in [6.07, 6.45) is 1.19. The van der Waals surface area contributed by atoms with Crippen molar-refractivity contribution < 1.29 is 9.90 Å². The molecule has 1 heterocycles. The number of benzene rings is 1. The number of nitrogens with zero attached hydrogens (tertiary/aromatic N) is 1. The summed E-state index contributed by atoms with van der Waals surface area (Å²) in [5.41, 5.74) is 1.54. The van der Waals surface area contributed by atoms with E-state index in [0.717, 1.165) is 26.2 Å². The predicted octanol–water partition coefficient (Wildman–Crippen LogP) is 2.20. The molecular weight excluding hydrogens is 252 g/mol. The van der Waals surface area contributed by atoms with Gasteiger partial charge in [-0.25, -0.2) is 4.79 Å². The molecule has 0 unspecified atom stereocenters. The van der Waals surface area contributed by atoms with Crippen LogP contribution in [0.5, 0.6) is 0 Å². The molecule has 1 aromatic carbocycles. The Bertz CT molecular complexity index is 442. The molecule has 1 aliphatic rings. The Labute approximate surface area is 120 Å². The molecule has 1 saturated heterocycles. The highest BCUT2D eigenvalue weighted by molar-refractivity contribution is 5.87. The van der Waals surface area contributed by atoms with Gasteiger partial charge in [0, 0.05) is 32.2 Å². The molecule has 1 aliphatic heterocycles. The van der Waals surface area contributed by atoms with Gasteiger partial charge in [-0.2, -0.15) is 0 Å². The van der Waals surface area contributed by atoms with E-state index in [-0.39, 0.29) is 0 Å². The predicted molar refractivity (Wildman–Crippen MR) is 79.9 cm³/mol. The lowest BCUT2D eigenvalue weighted by atomic mass is 10.00. The molecule has 0 spiro atoms. The van der Waals surface area contributed by atoms with E-state index >= 15 is 0 Å². The van der Waals surface area contributed by atoms with Crippen molar-refractivity contribution in [2.75, 3.05) is 19.6 Å². The van der Waals surface area contributed by atoms with Crippen molar-refractivity contribution in [3.05, 3.63) is 35.4 Å². The Morgan fingerprint density at radius 3 is 2.70 bits per heavy atom. The lowest BCUT2D eigenvalue weighted by molar-refractivity contribution is 0.0697. The van der Waals surface area contributed by atoms with Crippen LogP contribution < -0.4 is 5.32 Å². The highest BCUT2D eigenvalue weighted by atomic mass is 16.4. The Morgan fingerprint density at radius 1 is 1.40 bits per heavy atom. The minimum atomic E-state index is -0.864. The van der Waals surface area contributed by atoms with Crippen molar-refractivity contribution >= 4 is 5.97 Å². The molecule has 110 valence electrons. The normalized spacial score (nSPS) is 20.2. The zero-order chi connectivity index (χ0) is 14.5. The van der Waals surface area contributed by atoms with Crippen molar-refractivity contribution in [3.8, 4) is 0 Å². The third kappa shape index (κ3) is 4.05. The highest BCUT2D eigenvalue weighted by Crippen LogP contribution is 2.17. The van der Waals surface area contributed by atoms with Crippen LogP contribution in [0.3, 0.4) is 0 Å². The molecule has 1 fully saturated rings. The molecule has 1 atom stereocenters. The summed E-state index contributed by atoms with van der Waals surface area (Å²) in [5, 5.41) is 12.4. The molecule has 0 radical (unpaired) electrons. The van der Waals surface area contributed by atoms with Gasteiger partial charge >= 0.3 is 5.97 Å². The van der Waals surface area contributed by atoms with Crippen LogP contribution in [-0.2, 0) is 6.54 Å². The molecule has 4 heteroatoms. The van der Waals surface area contributed by atoms with Gasteiger partial charge in [-0.1, -0.05) is 26.0 Å². The van der Waals surface area contributed by atoms with Crippen molar-refractivity contribution in [2.45, 2.75) is 32.9 Å². The van der Waals surface area contributed by atoms with Crippen molar-refractivity contribution in [1.82, 2.24) is 10.2 Å². The average Bonchev–Trinajstić information content (AvgIpc) is 2.41. The number of piperazine rings is 1. The Hall–Kier alpha value is -1.39. The lowest BCUT2D eigenvalue weighted by Gasteiger charge is -2.37. The molecule has 0 bridgehead atoms. The highest BCUT2D eigenvalue weighted by Gasteiger charge is 2.22. The van der Waals surface area contributed by atoms with Crippen LogP contribution in [0.25, 0.3) is 0 Å². The maximum atomic E-state index is 10.9. The summed E-state index contributed by atoms with van der Waals surface area (Å²) in [6.45, 7) is 8.55. The van der Waals surface area contributed by atoms with E-state index in [1.165, 1.54) is 12.0 Å². The van der Waals surface area contributed by atoms with Crippen LogP contribution in [0, 0.1) is 5.92 Å². The van der Waals surface area contributed by atoms with Gasteiger partial charge in [0.15, 0.2) is 0 Å². The maximum Gasteiger partial charge on any atom is 0.335 e. The van der Waals surface area contributed by atoms with E-state index < -0.39 is 5.97 Å². The fraction of sp³-hybridized carbons (Fsp3) is 0.562. The number of carbonyl (C=O) groups is 1. The zero-order valence-electron chi connectivity index (χ0n) is 12.3. The Balaban J connectivity index is 2.00. The average molecular weight is 276 g/mol. The third-order valence-electron chi connectivity index (χ3n) is 3.80. The molecule has 1 aromatic rings. The number of hydrogen-bond donors (Lipinski definition) is 2. The van der Waals surface area contributed by atoms with E-state index in [0.29, 0.717) is 17.5 Å². The standard InChI is InChI=1S/C16H24N2O2/c1-12(2)9-15-10-17-7-8-18(15)11-13-3-5-14(6-4-13)16(19)20/h3-6,12,15,17H,7-11H2,1-2H3,(H,19,20)/t15-/m0/s1. The molecular formula is C16H24N2O2. The first-order chi connectivity index (χ1) is 9.56. The van der Waals surface area contributed by atoms with E-state index in [1.807, 2.05) is 12.1 Å². The van der Waals surface area contributed by atoms with Crippen molar-refractivity contribution in [2.24, 2.45) is 5.92 Å². The van der Waals surface area contributed by atoms with Crippen LogP contribution in [-0.4, -0.2) is 41.7 Å².